The van der Waals surface area contributed by atoms with Gasteiger partial charge in [0.1, 0.15) is 6.33 Å². The molecule has 2 aromatic rings. The second-order valence-electron chi connectivity index (χ2n) is 6.31. The van der Waals surface area contributed by atoms with Crippen LogP contribution >= 0.6 is 11.6 Å². The molecule has 1 N–H and O–H groups in total. The van der Waals surface area contributed by atoms with Crippen LogP contribution in [0.2, 0.25) is 5.02 Å². The molecule has 1 aromatic carbocycles. The van der Waals surface area contributed by atoms with Gasteiger partial charge < -0.3 is 14.8 Å². The van der Waals surface area contributed by atoms with E-state index in [1.54, 1.807) is 12.1 Å². The summed E-state index contributed by atoms with van der Waals surface area (Å²) in [5, 5.41) is 3.72. The number of ether oxygens (including phenoxy) is 2. The molecule has 26 heavy (non-hydrogen) atoms. The van der Waals surface area contributed by atoms with Crippen molar-refractivity contribution in [3.05, 3.63) is 46.7 Å². The van der Waals surface area contributed by atoms with Crippen molar-refractivity contribution in [3.63, 3.8) is 0 Å². The molecule has 1 aromatic heterocycles. The quantitative estimate of drug-likeness (QED) is 0.795. The molecule has 2 rings (SSSR count). The van der Waals surface area contributed by atoms with Crippen LogP contribution < -0.4 is 14.8 Å². The van der Waals surface area contributed by atoms with Crippen molar-refractivity contribution in [1.82, 2.24) is 15.3 Å². The summed E-state index contributed by atoms with van der Waals surface area (Å²) in [5.41, 5.74) is 1.52. The van der Waals surface area contributed by atoms with E-state index in [1.807, 2.05) is 32.9 Å². The molecule has 0 fully saturated rings. The number of methoxy groups -OCH3 is 2. The number of nitrogens with zero attached hydrogens (tertiary/aromatic N) is 2. The molecule has 6 nitrogen and oxygen atoms in total. The number of hydrogen-bond acceptors (Lipinski definition) is 5. The minimum absolute atomic E-state index is 0.0742. The first-order valence-electron chi connectivity index (χ1n) is 8.37. The molecule has 0 saturated heterocycles. The van der Waals surface area contributed by atoms with Crippen molar-refractivity contribution < 1.29 is 14.3 Å². The second kappa shape index (κ2) is 8.85. The lowest BCUT2D eigenvalue weighted by Gasteiger charge is -2.26. The molecule has 140 valence electrons. The predicted molar refractivity (Wildman–Crippen MR) is 101 cm³/mol. The van der Waals surface area contributed by atoms with E-state index in [0.717, 1.165) is 5.56 Å². The molecule has 1 amide bonds. The van der Waals surface area contributed by atoms with Gasteiger partial charge in [0, 0.05) is 5.02 Å². The van der Waals surface area contributed by atoms with Crippen LogP contribution in [0.4, 0.5) is 0 Å². The lowest BCUT2D eigenvalue weighted by Crippen LogP contribution is -2.35. The number of carbonyl (C=O) groups is 1. The minimum Gasteiger partial charge on any atom is -0.481 e. The zero-order valence-corrected chi connectivity index (χ0v) is 16.4. The highest BCUT2D eigenvalue weighted by atomic mass is 35.5. The van der Waals surface area contributed by atoms with Gasteiger partial charge in [-0.2, -0.15) is 0 Å². The number of carbonyl (C=O) groups excluding carboxylic acids is 1. The molecule has 0 radical (unpaired) electrons. The Kier molecular flexibility index (Phi) is 6.80. The number of halogens is 1. The van der Waals surface area contributed by atoms with Gasteiger partial charge >= 0.3 is 0 Å². The van der Waals surface area contributed by atoms with Gasteiger partial charge in [0.15, 0.2) is 0 Å². The Labute approximate surface area is 158 Å². The molecule has 0 aliphatic carbocycles. The fourth-order valence-electron chi connectivity index (χ4n) is 2.71. The molecule has 7 heteroatoms. The van der Waals surface area contributed by atoms with E-state index in [0.29, 0.717) is 22.3 Å². The summed E-state index contributed by atoms with van der Waals surface area (Å²) in [5.74, 6) is 0.393. The van der Waals surface area contributed by atoms with Crippen molar-refractivity contribution in [2.45, 2.75) is 32.7 Å². The van der Waals surface area contributed by atoms with Gasteiger partial charge in [-0.3, -0.25) is 4.79 Å². The molecule has 1 heterocycles. The molecule has 0 saturated carbocycles. The zero-order chi connectivity index (χ0) is 19.3. The number of benzene rings is 1. The fourth-order valence-corrected chi connectivity index (χ4v) is 2.83. The Hall–Kier alpha value is -2.34. The number of aromatic nitrogens is 2. The van der Waals surface area contributed by atoms with E-state index < -0.39 is 0 Å². The van der Waals surface area contributed by atoms with E-state index in [1.165, 1.54) is 20.5 Å². The third kappa shape index (κ3) is 4.43. The maximum atomic E-state index is 12.8. The van der Waals surface area contributed by atoms with Crippen LogP contribution in [0.5, 0.6) is 11.8 Å². The molecule has 2 atom stereocenters. The standard InChI is InChI=1S/C19H24ClN3O3/c1-11(2)16(15-18(25-4)21-10-22-19(15)26-5)23-17(24)12(3)13-6-8-14(20)9-7-13/h6-12,16H,1-5H3,(H,23,24). The predicted octanol–water partition coefficient (Wildman–Crippen LogP) is 3.76. The molecule has 2 unspecified atom stereocenters. The number of amides is 1. The van der Waals surface area contributed by atoms with Gasteiger partial charge in [-0.05, 0) is 30.5 Å². The highest BCUT2D eigenvalue weighted by Crippen LogP contribution is 2.35. The van der Waals surface area contributed by atoms with Crippen LogP contribution in [-0.4, -0.2) is 30.1 Å². The molecule has 0 spiro atoms. The summed E-state index contributed by atoms with van der Waals surface area (Å²) in [6, 6.07) is 6.89. The summed E-state index contributed by atoms with van der Waals surface area (Å²) < 4.78 is 10.7. The summed E-state index contributed by atoms with van der Waals surface area (Å²) >= 11 is 5.93. The lowest BCUT2D eigenvalue weighted by molar-refractivity contribution is -0.123. The summed E-state index contributed by atoms with van der Waals surface area (Å²) in [6.07, 6.45) is 1.37. The van der Waals surface area contributed by atoms with Gasteiger partial charge in [0.2, 0.25) is 17.7 Å². The van der Waals surface area contributed by atoms with Gasteiger partial charge in [-0.25, -0.2) is 9.97 Å². The number of rotatable bonds is 7. The molecular weight excluding hydrogens is 354 g/mol. The zero-order valence-electron chi connectivity index (χ0n) is 15.6. The Morgan fingerprint density at radius 2 is 1.58 bits per heavy atom. The normalized spacial score (nSPS) is 13.2. The highest BCUT2D eigenvalue weighted by molar-refractivity contribution is 6.30. The van der Waals surface area contributed by atoms with Crippen molar-refractivity contribution in [2.24, 2.45) is 5.92 Å². The smallest absolute Gasteiger partial charge is 0.227 e. The molecule has 0 aliphatic rings. The van der Waals surface area contributed by atoms with E-state index in [9.17, 15) is 4.79 Å². The summed E-state index contributed by atoms with van der Waals surface area (Å²) in [6.45, 7) is 5.86. The molecule has 0 bridgehead atoms. The first-order chi connectivity index (χ1) is 12.4. The number of hydrogen-bond donors (Lipinski definition) is 1. The Balaban J connectivity index is 2.31. The van der Waals surface area contributed by atoms with Crippen LogP contribution in [0.15, 0.2) is 30.6 Å². The lowest BCUT2D eigenvalue weighted by atomic mass is 9.94. The third-order valence-electron chi connectivity index (χ3n) is 4.24. The Morgan fingerprint density at radius 1 is 1.04 bits per heavy atom. The number of nitrogens with one attached hydrogen (secondary N) is 1. The van der Waals surface area contributed by atoms with Gasteiger partial charge in [0.25, 0.3) is 0 Å². The maximum Gasteiger partial charge on any atom is 0.227 e. The monoisotopic (exact) mass is 377 g/mol. The molecular formula is C19H24ClN3O3. The second-order valence-corrected chi connectivity index (χ2v) is 6.75. The van der Waals surface area contributed by atoms with E-state index in [2.05, 4.69) is 15.3 Å². The van der Waals surface area contributed by atoms with Gasteiger partial charge in [0.05, 0.1) is 31.7 Å². The van der Waals surface area contributed by atoms with Crippen molar-refractivity contribution >= 4 is 17.5 Å². The SMILES string of the molecule is COc1ncnc(OC)c1C(NC(=O)C(C)c1ccc(Cl)cc1)C(C)C. The van der Waals surface area contributed by atoms with Crippen molar-refractivity contribution in [3.8, 4) is 11.8 Å². The minimum atomic E-state index is -0.358. The van der Waals surface area contributed by atoms with Crippen LogP contribution in [0.3, 0.4) is 0 Å². The first-order valence-corrected chi connectivity index (χ1v) is 8.75. The fraction of sp³-hybridized carbons (Fsp3) is 0.421. The highest BCUT2D eigenvalue weighted by Gasteiger charge is 2.29. The van der Waals surface area contributed by atoms with Crippen LogP contribution in [0, 0.1) is 5.92 Å². The topological polar surface area (TPSA) is 73.3 Å². The van der Waals surface area contributed by atoms with Crippen molar-refractivity contribution in [1.29, 1.82) is 0 Å². The summed E-state index contributed by atoms with van der Waals surface area (Å²) in [7, 11) is 3.06. The van der Waals surface area contributed by atoms with Crippen LogP contribution in [0.1, 0.15) is 43.9 Å². The van der Waals surface area contributed by atoms with Gasteiger partial charge in [-0.15, -0.1) is 0 Å². The first kappa shape index (κ1) is 20.0. The largest absolute Gasteiger partial charge is 0.481 e. The molecule has 0 aliphatic heterocycles. The van der Waals surface area contributed by atoms with E-state index in [4.69, 9.17) is 21.1 Å². The van der Waals surface area contributed by atoms with Crippen LogP contribution in [-0.2, 0) is 4.79 Å². The van der Waals surface area contributed by atoms with E-state index >= 15 is 0 Å². The Bertz CT molecular complexity index is 728. The average molecular weight is 378 g/mol. The Morgan fingerprint density at radius 3 is 2.04 bits per heavy atom. The maximum absolute atomic E-state index is 12.8. The average Bonchev–Trinajstić information content (AvgIpc) is 2.65. The summed E-state index contributed by atoms with van der Waals surface area (Å²) in [4.78, 5) is 21.1. The van der Waals surface area contributed by atoms with Gasteiger partial charge in [-0.1, -0.05) is 37.6 Å². The van der Waals surface area contributed by atoms with Crippen molar-refractivity contribution in [2.75, 3.05) is 14.2 Å². The van der Waals surface area contributed by atoms with E-state index in [-0.39, 0.29) is 23.8 Å². The third-order valence-corrected chi connectivity index (χ3v) is 4.49. The van der Waals surface area contributed by atoms with Crippen LogP contribution in [0.25, 0.3) is 0 Å².